The van der Waals surface area contributed by atoms with Crippen molar-refractivity contribution in [2.45, 2.75) is 46.3 Å². The fraction of sp³-hybridized carbons (Fsp3) is 0.381. The van der Waals surface area contributed by atoms with Crippen molar-refractivity contribution in [1.82, 2.24) is 5.32 Å². The van der Waals surface area contributed by atoms with Crippen LogP contribution in [0.15, 0.2) is 48.5 Å². The van der Waals surface area contributed by atoms with Crippen molar-refractivity contribution in [2.24, 2.45) is 0 Å². The summed E-state index contributed by atoms with van der Waals surface area (Å²) in [7, 11) is 0. The Hall–Kier alpha value is -2.49. The van der Waals surface area contributed by atoms with Crippen molar-refractivity contribution in [1.29, 1.82) is 0 Å². The van der Waals surface area contributed by atoms with Gasteiger partial charge >= 0.3 is 0 Å². The number of carbonyl (C=O) groups is 1. The maximum absolute atomic E-state index is 12.5. The van der Waals surface area contributed by atoms with E-state index < -0.39 is 6.10 Å². The summed E-state index contributed by atoms with van der Waals surface area (Å²) in [6.07, 6.45) is 1.08. The molecule has 0 aromatic heterocycles. The van der Waals surface area contributed by atoms with Gasteiger partial charge < -0.3 is 14.8 Å². The van der Waals surface area contributed by atoms with Crippen LogP contribution in [0.2, 0.25) is 0 Å². The van der Waals surface area contributed by atoms with E-state index in [1.54, 1.807) is 0 Å². The van der Waals surface area contributed by atoms with Crippen LogP contribution in [0.5, 0.6) is 11.5 Å². The molecule has 2 aromatic rings. The third-order valence-electron chi connectivity index (χ3n) is 4.00. The highest BCUT2D eigenvalue weighted by Crippen LogP contribution is 2.18. The second-order valence-electron chi connectivity index (χ2n) is 5.77. The van der Waals surface area contributed by atoms with Gasteiger partial charge in [-0.05, 0) is 43.5 Å². The Morgan fingerprint density at radius 1 is 1.04 bits per heavy atom. The van der Waals surface area contributed by atoms with Crippen molar-refractivity contribution in [3.05, 3.63) is 59.7 Å². The Labute approximate surface area is 150 Å². The lowest BCUT2D eigenvalue weighted by atomic mass is 10.1. The van der Waals surface area contributed by atoms with Crippen molar-refractivity contribution in [3.63, 3.8) is 0 Å². The van der Waals surface area contributed by atoms with Crippen LogP contribution in [0.1, 0.15) is 38.3 Å². The summed E-state index contributed by atoms with van der Waals surface area (Å²) < 4.78 is 11.4. The highest BCUT2D eigenvalue weighted by atomic mass is 16.5. The molecule has 0 aliphatic carbocycles. The number of para-hydroxylation sites is 1. The normalized spacial score (nSPS) is 11.6. The van der Waals surface area contributed by atoms with Gasteiger partial charge in [0.05, 0.1) is 6.61 Å². The maximum atomic E-state index is 12.5. The molecule has 4 nitrogen and oxygen atoms in total. The smallest absolute Gasteiger partial charge is 0.261 e. The minimum atomic E-state index is -0.508. The molecule has 0 radical (unpaired) electrons. The van der Waals surface area contributed by atoms with Crippen LogP contribution < -0.4 is 14.8 Å². The number of ether oxygens (including phenoxy) is 2. The molecule has 2 aromatic carbocycles. The molecule has 0 saturated carbocycles. The molecule has 1 amide bonds. The molecular weight excluding hydrogens is 314 g/mol. The quantitative estimate of drug-likeness (QED) is 0.746. The summed E-state index contributed by atoms with van der Waals surface area (Å²) in [6, 6.07) is 15.6. The average molecular weight is 341 g/mol. The van der Waals surface area contributed by atoms with Gasteiger partial charge in [-0.1, -0.05) is 44.2 Å². The lowest BCUT2D eigenvalue weighted by molar-refractivity contribution is -0.128. The summed E-state index contributed by atoms with van der Waals surface area (Å²) in [5.41, 5.74) is 2.21. The number of nitrogens with one attached hydrogen (secondary N) is 1. The van der Waals surface area contributed by atoms with E-state index >= 15 is 0 Å². The summed E-state index contributed by atoms with van der Waals surface area (Å²) in [6.45, 7) is 7.01. The molecule has 0 aliphatic rings. The lowest BCUT2D eigenvalue weighted by Gasteiger charge is -2.18. The lowest BCUT2D eigenvalue weighted by Crippen LogP contribution is -2.37. The molecule has 0 fully saturated rings. The monoisotopic (exact) mass is 341 g/mol. The minimum Gasteiger partial charge on any atom is -0.494 e. The van der Waals surface area contributed by atoms with Crippen LogP contribution in [-0.2, 0) is 17.8 Å². The van der Waals surface area contributed by atoms with Gasteiger partial charge in [0.2, 0.25) is 0 Å². The molecule has 25 heavy (non-hydrogen) atoms. The van der Waals surface area contributed by atoms with Crippen molar-refractivity contribution in [3.8, 4) is 11.5 Å². The van der Waals surface area contributed by atoms with E-state index in [-0.39, 0.29) is 5.91 Å². The Bertz CT molecular complexity index is 667. The molecule has 2 rings (SSSR count). The van der Waals surface area contributed by atoms with Gasteiger partial charge in [0.15, 0.2) is 6.10 Å². The maximum Gasteiger partial charge on any atom is 0.261 e. The van der Waals surface area contributed by atoms with Gasteiger partial charge in [-0.15, -0.1) is 0 Å². The molecular formula is C21H27NO3. The molecule has 0 saturated heterocycles. The number of hydrogen-bond acceptors (Lipinski definition) is 3. The van der Waals surface area contributed by atoms with Crippen molar-refractivity contribution in [2.75, 3.05) is 6.61 Å². The fourth-order valence-electron chi connectivity index (χ4n) is 2.53. The SMILES string of the molecule is CCOc1ccccc1CNC(=O)[C@H](CC)Oc1ccc(CC)cc1. The number of carbonyl (C=O) groups excluding carboxylic acids is 1. The fourth-order valence-corrected chi connectivity index (χ4v) is 2.53. The zero-order valence-corrected chi connectivity index (χ0v) is 15.2. The Kier molecular flexibility index (Phi) is 7.33. The summed E-state index contributed by atoms with van der Waals surface area (Å²) in [4.78, 5) is 12.5. The molecule has 4 heteroatoms. The Morgan fingerprint density at radius 2 is 1.76 bits per heavy atom. The third-order valence-corrected chi connectivity index (χ3v) is 4.00. The first-order valence-corrected chi connectivity index (χ1v) is 8.91. The summed E-state index contributed by atoms with van der Waals surface area (Å²) >= 11 is 0. The Morgan fingerprint density at radius 3 is 2.40 bits per heavy atom. The van der Waals surface area contributed by atoms with E-state index in [2.05, 4.69) is 12.2 Å². The van der Waals surface area contributed by atoms with Crippen LogP contribution in [0, 0.1) is 0 Å². The number of benzene rings is 2. The second kappa shape index (κ2) is 9.72. The number of amides is 1. The molecule has 0 heterocycles. The number of hydrogen-bond donors (Lipinski definition) is 1. The molecule has 1 atom stereocenters. The standard InChI is InChI=1S/C21H27NO3/c1-4-16-11-13-18(14-12-16)25-19(5-2)21(23)22-15-17-9-7-8-10-20(17)24-6-3/h7-14,19H,4-6,15H2,1-3H3,(H,22,23)/t19-/m0/s1. The average Bonchev–Trinajstić information content (AvgIpc) is 2.66. The molecule has 0 bridgehead atoms. The third kappa shape index (κ3) is 5.52. The van der Waals surface area contributed by atoms with Gasteiger partial charge in [-0.25, -0.2) is 0 Å². The van der Waals surface area contributed by atoms with Gasteiger partial charge in [0.1, 0.15) is 11.5 Å². The zero-order chi connectivity index (χ0) is 18.1. The zero-order valence-electron chi connectivity index (χ0n) is 15.2. The van der Waals surface area contributed by atoms with E-state index in [9.17, 15) is 4.79 Å². The van der Waals surface area contributed by atoms with Crippen LogP contribution in [-0.4, -0.2) is 18.6 Å². The molecule has 1 N–H and O–H groups in total. The first kappa shape index (κ1) is 18.8. The van der Waals surface area contributed by atoms with Gasteiger partial charge in [0, 0.05) is 12.1 Å². The number of rotatable bonds is 9. The van der Waals surface area contributed by atoms with Crippen LogP contribution in [0.25, 0.3) is 0 Å². The Balaban J connectivity index is 1.95. The molecule has 0 unspecified atom stereocenters. The van der Waals surface area contributed by atoms with E-state index in [0.717, 1.165) is 17.7 Å². The molecule has 0 aliphatic heterocycles. The van der Waals surface area contributed by atoms with Crippen LogP contribution >= 0.6 is 0 Å². The van der Waals surface area contributed by atoms with Gasteiger partial charge in [0.25, 0.3) is 5.91 Å². The van der Waals surface area contributed by atoms with Crippen LogP contribution in [0.3, 0.4) is 0 Å². The topological polar surface area (TPSA) is 47.6 Å². The first-order valence-electron chi connectivity index (χ1n) is 8.91. The minimum absolute atomic E-state index is 0.117. The van der Waals surface area contributed by atoms with E-state index in [1.165, 1.54) is 5.56 Å². The summed E-state index contributed by atoms with van der Waals surface area (Å²) in [5, 5.41) is 2.95. The largest absolute Gasteiger partial charge is 0.494 e. The van der Waals surface area contributed by atoms with Crippen molar-refractivity contribution < 1.29 is 14.3 Å². The highest BCUT2D eigenvalue weighted by molar-refractivity contribution is 5.81. The highest BCUT2D eigenvalue weighted by Gasteiger charge is 2.18. The second-order valence-corrected chi connectivity index (χ2v) is 5.77. The summed E-state index contributed by atoms with van der Waals surface area (Å²) in [5.74, 6) is 1.40. The van der Waals surface area contributed by atoms with E-state index in [0.29, 0.717) is 25.3 Å². The first-order chi connectivity index (χ1) is 12.2. The van der Waals surface area contributed by atoms with E-state index in [1.807, 2.05) is 62.4 Å². The number of aryl methyl sites for hydroxylation is 1. The van der Waals surface area contributed by atoms with E-state index in [4.69, 9.17) is 9.47 Å². The predicted octanol–water partition coefficient (Wildman–Crippen LogP) is 4.12. The molecule has 0 spiro atoms. The van der Waals surface area contributed by atoms with Crippen LogP contribution in [0.4, 0.5) is 0 Å². The van der Waals surface area contributed by atoms with Crippen molar-refractivity contribution >= 4 is 5.91 Å². The predicted molar refractivity (Wildman–Crippen MR) is 100.0 cm³/mol. The van der Waals surface area contributed by atoms with Gasteiger partial charge in [-0.3, -0.25) is 4.79 Å². The van der Waals surface area contributed by atoms with Gasteiger partial charge in [-0.2, -0.15) is 0 Å². The molecule has 134 valence electrons.